The molecule has 5 bridgehead atoms. The van der Waals surface area contributed by atoms with Gasteiger partial charge in [0.2, 0.25) is 11.8 Å². The Balaban J connectivity index is 1.57. The topological polar surface area (TPSA) is 135 Å². The van der Waals surface area contributed by atoms with Crippen molar-refractivity contribution in [1.82, 2.24) is 10.2 Å². The third-order valence-electron chi connectivity index (χ3n) is 7.77. The Morgan fingerprint density at radius 2 is 1.90 bits per heavy atom. The van der Waals surface area contributed by atoms with E-state index in [9.17, 15) is 24.3 Å². The van der Waals surface area contributed by atoms with E-state index in [0.29, 0.717) is 17.9 Å². The minimum atomic E-state index is -1.38. The fourth-order valence-corrected chi connectivity index (χ4v) is 5.97. The minimum Gasteiger partial charge on any atom is -0.497 e. The lowest BCUT2D eigenvalue weighted by Gasteiger charge is -2.35. The summed E-state index contributed by atoms with van der Waals surface area (Å²) in [5.74, 6) is -2.98. The highest BCUT2D eigenvalue weighted by molar-refractivity contribution is 6.05. The van der Waals surface area contributed by atoms with Crippen LogP contribution in [0.15, 0.2) is 48.6 Å². The van der Waals surface area contributed by atoms with Gasteiger partial charge in [-0.25, -0.2) is 0 Å². The number of anilines is 1. The summed E-state index contributed by atoms with van der Waals surface area (Å²) in [4.78, 5) is 56.6. The van der Waals surface area contributed by atoms with Crippen LogP contribution in [-0.4, -0.2) is 90.9 Å². The van der Waals surface area contributed by atoms with E-state index < -0.39 is 53.5 Å². The van der Waals surface area contributed by atoms with Crippen LogP contribution >= 0.6 is 0 Å². The zero-order valence-electron chi connectivity index (χ0n) is 21.9. The minimum absolute atomic E-state index is 0.0914. The molecular formula is C28H33N3O8. The summed E-state index contributed by atoms with van der Waals surface area (Å²) < 4.78 is 17.2. The predicted molar refractivity (Wildman–Crippen MR) is 139 cm³/mol. The van der Waals surface area contributed by atoms with Crippen molar-refractivity contribution in [3.8, 4) is 5.75 Å². The maximum absolute atomic E-state index is 14.4. The Morgan fingerprint density at radius 3 is 2.62 bits per heavy atom. The van der Waals surface area contributed by atoms with Gasteiger partial charge in [-0.1, -0.05) is 24.3 Å². The van der Waals surface area contributed by atoms with Crippen molar-refractivity contribution in [2.75, 3.05) is 38.3 Å². The van der Waals surface area contributed by atoms with Crippen LogP contribution in [0.25, 0.3) is 0 Å². The van der Waals surface area contributed by atoms with Crippen LogP contribution in [0.5, 0.6) is 5.75 Å². The Kier molecular flexibility index (Phi) is 7.46. The molecule has 208 valence electrons. The second kappa shape index (κ2) is 10.8. The van der Waals surface area contributed by atoms with E-state index in [-0.39, 0.29) is 38.6 Å². The molecule has 1 aromatic rings. The number of nitrogens with zero attached hydrogens (tertiary/aromatic N) is 2. The number of ether oxygens (including phenoxy) is 3. The zero-order chi connectivity index (χ0) is 27.7. The Bertz CT molecular complexity index is 1200. The third kappa shape index (κ3) is 4.70. The zero-order valence-corrected chi connectivity index (χ0v) is 21.9. The average molecular weight is 540 g/mol. The highest BCUT2D eigenvalue weighted by Crippen LogP contribution is 2.55. The molecule has 0 saturated carbocycles. The van der Waals surface area contributed by atoms with Gasteiger partial charge in [-0.2, -0.15) is 0 Å². The van der Waals surface area contributed by atoms with E-state index in [4.69, 9.17) is 14.2 Å². The molecule has 0 unspecified atom stereocenters. The summed E-state index contributed by atoms with van der Waals surface area (Å²) in [7, 11) is 1.55. The predicted octanol–water partition coefficient (Wildman–Crippen LogP) is 0.569. The van der Waals surface area contributed by atoms with Gasteiger partial charge in [0, 0.05) is 25.2 Å². The molecule has 0 radical (unpaired) electrons. The fourth-order valence-electron chi connectivity index (χ4n) is 5.97. The van der Waals surface area contributed by atoms with Gasteiger partial charge in [-0.3, -0.25) is 19.2 Å². The van der Waals surface area contributed by atoms with Gasteiger partial charge in [-0.05, 0) is 37.6 Å². The number of aliphatic hydroxyl groups excluding tert-OH is 1. The van der Waals surface area contributed by atoms with E-state index >= 15 is 0 Å². The van der Waals surface area contributed by atoms with Crippen molar-refractivity contribution in [3.05, 3.63) is 48.6 Å². The molecule has 1 spiro atoms. The van der Waals surface area contributed by atoms with Gasteiger partial charge < -0.3 is 34.4 Å². The molecule has 0 aliphatic carbocycles. The molecule has 4 aliphatic heterocycles. The average Bonchev–Trinajstić information content (AvgIpc) is 3.57. The van der Waals surface area contributed by atoms with Crippen molar-refractivity contribution in [2.45, 2.75) is 43.6 Å². The molecule has 11 heteroatoms. The first kappa shape index (κ1) is 26.9. The summed E-state index contributed by atoms with van der Waals surface area (Å²) in [6, 6.07) is 5.85. The van der Waals surface area contributed by atoms with E-state index in [1.54, 1.807) is 56.5 Å². The lowest BCUT2D eigenvalue weighted by Crippen LogP contribution is -2.56. The first-order valence-electron chi connectivity index (χ1n) is 13.2. The molecule has 5 rings (SSSR count). The van der Waals surface area contributed by atoms with Gasteiger partial charge in [0.05, 0.1) is 32.3 Å². The molecule has 2 fully saturated rings. The largest absolute Gasteiger partial charge is 0.497 e. The normalized spacial score (nSPS) is 33.7. The highest BCUT2D eigenvalue weighted by Gasteiger charge is 2.73. The Labute approximate surface area is 226 Å². The van der Waals surface area contributed by atoms with E-state index in [1.165, 1.54) is 9.80 Å². The number of carbonyl (C=O) groups is 4. The van der Waals surface area contributed by atoms with Crippen LogP contribution in [0.1, 0.15) is 19.8 Å². The molecule has 2 saturated heterocycles. The second-order valence-corrected chi connectivity index (χ2v) is 10.2. The van der Waals surface area contributed by atoms with Crippen molar-refractivity contribution < 1.29 is 38.5 Å². The van der Waals surface area contributed by atoms with Crippen molar-refractivity contribution in [1.29, 1.82) is 0 Å². The Hall–Kier alpha value is -3.70. The molecule has 1 aromatic carbocycles. The number of carbonyl (C=O) groups excluding carboxylic acids is 4. The number of hydrogen-bond donors (Lipinski definition) is 2. The van der Waals surface area contributed by atoms with E-state index in [0.717, 1.165) is 0 Å². The van der Waals surface area contributed by atoms with Crippen molar-refractivity contribution >= 4 is 29.4 Å². The number of allylic oxidation sites excluding steroid dienone is 1. The second-order valence-electron chi connectivity index (χ2n) is 10.2. The molecule has 6 atom stereocenters. The molecular weight excluding hydrogens is 506 g/mol. The van der Waals surface area contributed by atoms with Gasteiger partial charge in [0.1, 0.15) is 29.4 Å². The number of methoxy groups -OCH3 is 1. The van der Waals surface area contributed by atoms with Crippen LogP contribution < -0.4 is 15.0 Å². The molecule has 4 aliphatic rings. The molecule has 39 heavy (non-hydrogen) atoms. The SMILES string of the molecule is COc1ccc(N2C/C=C\CCC(=O)NC[C@@H](C)OC(=O)[C@@H]3[C@@H]4C=C[C@]5(O4)[C@H](C2=O)N(CCO)C(=O)[C@@H]35)cc1. The number of esters is 1. The lowest BCUT2D eigenvalue weighted by atomic mass is 9.74. The smallest absolute Gasteiger partial charge is 0.313 e. The first-order chi connectivity index (χ1) is 18.8. The van der Waals surface area contributed by atoms with Crippen molar-refractivity contribution in [2.24, 2.45) is 11.8 Å². The number of cyclic esters (lactones) is 1. The van der Waals surface area contributed by atoms with Crippen LogP contribution in [0.2, 0.25) is 0 Å². The quantitative estimate of drug-likeness (QED) is 0.419. The lowest BCUT2D eigenvalue weighted by molar-refractivity contribution is -0.158. The van der Waals surface area contributed by atoms with E-state index in [2.05, 4.69) is 5.32 Å². The van der Waals surface area contributed by atoms with E-state index in [1.807, 2.05) is 6.08 Å². The number of benzene rings is 1. The number of β-amino-alcohol motifs (C(OH)–C–C–N with tert-alkyl or cyclic N) is 1. The van der Waals surface area contributed by atoms with Crippen molar-refractivity contribution in [3.63, 3.8) is 0 Å². The molecule has 3 amide bonds. The van der Waals surface area contributed by atoms with Crippen LogP contribution in [0.3, 0.4) is 0 Å². The van der Waals surface area contributed by atoms with Gasteiger partial charge in [0.15, 0.2) is 0 Å². The van der Waals surface area contributed by atoms with Gasteiger partial charge >= 0.3 is 5.97 Å². The summed E-state index contributed by atoms with van der Waals surface area (Å²) in [5.41, 5.74) is -0.809. The molecule has 0 aromatic heterocycles. The summed E-state index contributed by atoms with van der Waals surface area (Å²) in [5, 5.41) is 12.6. The summed E-state index contributed by atoms with van der Waals surface area (Å²) in [6.45, 7) is 1.51. The number of nitrogens with one attached hydrogen (secondary N) is 1. The number of likely N-dealkylation sites (tertiary alicyclic amines) is 1. The third-order valence-corrected chi connectivity index (χ3v) is 7.77. The van der Waals surface area contributed by atoms with Crippen LogP contribution in [0, 0.1) is 11.8 Å². The van der Waals surface area contributed by atoms with Crippen LogP contribution in [-0.2, 0) is 28.7 Å². The fraction of sp³-hybridized carbons (Fsp3) is 0.500. The molecule has 11 nitrogen and oxygen atoms in total. The molecule has 4 heterocycles. The highest BCUT2D eigenvalue weighted by atomic mass is 16.6. The Morgan fingerprint density at radius 1 is 1.13 bits per heavy atom. The maximum atomic E-state index is 14.4. The summed E-state index contributed by atoms with van der Waals surface area (Å²) >= 11 is 0. The van der Waals surface area contributed by atoms with Gasteiger partial charge in [0.25, 0.3) is 5.91 Å². The monoisotopic (exact) mass is 539 g/mol. The van der Waals surface area contributed by atoms with Crippen LogP contribution in [0.4, 0.5) is 5.69 Å². The number of rotatable bonds is 4. The number of amides is 3. The summed E-state index contributed by atoms with van der Waals surface area (Å²) in [6.07, 6.45) is 6.38. The number of hydrogen-bond acceptors (Lipinski definition) is 8. The first-order valence-corrected chi connectivity index (χ1v) is 13.2. The maximum Gasteiger partial charge on any atom is 0.313 e. The standard InChI is InChI=1S/C28H33N3O8/c1-17-16-29-21(33)6-4-3-5-13-30(18-7-9-19(37-2)10-8-18)26(35)24-28-12-11-20(39-28)22(27(36)38-17)23(28)25(34)31(24)14-15-32/h3,5,7-12,17,20,22-24,32H,4,6,13-16H2,1-2H3,(H,29,33)/b5-3-/t17-,20+,22-,23-,24+,28-/m1/s1. The number of fused-ring (bicyclic) bond motifs is 2. The molecule has 2 N–H and O–H groups in total. The van der Waals surface area contributed by atoms with Gasteiger partial charge in [-0.15, -0.1) is 0 Å². The number of aliphatic hydroxyl groups is 1.